The highest BCUT2D eigenvalue weighted by molar-refractivity contribution is 6.50. The first-order chi connectivity index (χ1) is 21.4. The highest BCUT2D eigenvalue weighted by Crippen LogP contribution is 2.37. The summed E-state index contributed by atoms with van der Waals surface area (Å²) < 4.78 is 1.58. The number of nitrogens with zero attached hydrogens (tertiary/aromatic N) is 6. The van der Waals surface area contributed by atoms with Gasteiger partial charge in [-0.25, -0.2) is 14.3 Å². The summed E-state index contributed by atoms with van der Waals surface area (Å²) >= 11 is 7.02. The molecule has 0 unspecified atom stereocenters. The van der Waals surface area contributed by atoms with Gasteiger partial charge in [0.1, 0.15) is 5.82 Å². The number of carbonyl (C=O) groups is 1. The third-order valence-electron chi connectivity index (χ3n) is 8.10. The van der Waals surface area contributed by atoms with E-state index in [0.717, 1.165) is 16.8 Å². The molecule has 1 atom stereocenters. The number of aromatic nitrogens is 4. The monoisotopic (exact) mass is 616 g/mol. The van der Waals surface area contributed by atoms with Crippen LogP contribution in [0.5, 0.6) is 0 Å². The molecule has 5 rings (SSSR count). The Balaban J connectivity index is 1.86. The summed E-state index contributed by atoms with van der Waals surface area (Å²) in [6.07, 6.45) is 4.76. The van der Waals surface area contributed by atoms with Crippen LogP contribution in [0.25, 0.3) is 34.1 Å². The minimum absolute atomic E-state index is 0.0148. The van der Waals surface area contributed by atoms with E-state index in [1.54, 1.807) is 21.7 Å². The van der Waals surface area contributed by atoms with E-state index in [1.165, 1.54) is 6.08 Å². The second-order valence-corrected chi connectivity index (χ2v) is 12.4. The second-order valence-electron chi connectivity index (χ2n) is 11.9. The van der Waals surface area contributed by atoms with Crippen LogP contribution in [-0.4, -0.2) is 71.7 Å². The molecular weight excluding hydrogens is 581 g/mol. The number of anilines is 1. The van der Waals surface area contributed by atoms with Gasteiger partial charge >= 0.3 is 5.69 Å². The standard InChI is InChI=1S/C34H35B2ClN6O2/c1-7-28(44)41-14-15-42(21(6)18-41)32-25-17-26(37)30(24-11-9-8-10-22(24)16-27(35)36)39-33(25)43(34(45)40-32)31-23(19(2)3)12-13-38-29(31)20(4)5/h7-13,16-17,19-21H,1,14-15,18H2,2-6H3/t21-/m0/s1. The molecule has 4 radical (unpaired) electrons. The zero-order valence-corrected chi connectivity index (χ0v) is 27.0. The lowest BCUT2D eigenvalue weighted by Gasteiger charge is -2.40. The van der Waals surface area contributed by atoms with E-state index >= 15 is 0 Å². The van der Waals surface area contributed by atoms with Crippen molar-refractivity contribution >= 4 is 56.1 Å². The lowest BCUT2D eigenvalue weighted by molar-refractivity contribution is -0.126. The maximum absolute atomic E-state index is 14.3. The summed E-state index contributed by atoms with van der Waals surface area (Å²) in [4.78, 5) is 45.0. The first-order valence-corrected chi connectivity index (χ1v) is 15.4. The van der Waals surface area contributed by atoms with E-state index in [2.05, 4.69) is 25.4 Å². The van der Waals surface area contributed by atoms with Crippen LogP contribution in [0.2, 0.25) is 5.02 Å². The molecular formula is C34H35B2ClN6O2. The van der Waals surface area contributed by atoms with Crippen LogP contribution >= 0.6 is 11.6 Å². The molecule has 1 saturated heterocycles. The van der Waals surface area contributed by atoms with E-state index in [0.29, 0.717) is 58.5 Å². The highest BCUT2D eigenvalue weighted by atomic mass is 35.5. The molecule has 0 spiro atoms. The first-order valence-electron chi connectivity index (χ1n) is 15.0. The molecule has 226 valence electrons. The fourth-order valence-corrected chi connectivity index (χ4v) is 6.21. The third kappa shape index (κ3) is 6.21. The smallest absolute Gasteiger partial charge is 0.350 e. The maximum Gasteiger partial charge on any atom is 0.355 e. The lowest BCUT2D eigenvalue weighted by atomic mass is 9.77. The Morgan fingerprint density at radius 2 is 1.82 bits per heavy atom. The van der Waals surface area contributed by atoms with Crippen molar-refractivity contribution in [2.45, 2.75) is 52.5 Å². The number of carbonyl (C=O) groups excluding carboxylic acids is 1. The quantitative estimate of drug-likeness (QED) is 0.199. The van der Waals surface area contributed by atoms with Gasteiger partial charge in [-0.1, -0.05) is 76.2 Å². The minimum Gasteiger partial charge on any atom is -0.350 e. The summed E-state index contributed by atoms with van der Waals surface area (Å²) in [5.41, 5.74) is 4.22. The van der Waals surface area contributed by atoms with Crippen LogP contribution in [-0.2, 0) is 4.79 Å². The molecule has 4 aromatic rings. The molecule has 0 saturated carbocycles. The number of rotatable bonds is 7. The molecule has 11 heteroatoms. The van der Waals surface area contributed by atoms with Crippen molar-refractivity contribution in [3.63, 3.8) is 0 Å². The van der Waals surface area contributed by atoms with Gasteiger partial charge in [0.2, 0.25) is 5.91 Å². The van der Waals surface area contributed by atoms with Crippen molar-refractivity contribution in [1.29, 1.82) is 0 Å². The fraction of sp³-hybridized carbons (Fsp3) is 0.324. The largest absolute Gasteiger partial charge is 0.355 e. The highest BCUT2D eigenvalue weighted by Gasteiger charge is 2.31. The molecule has 45 heavy (non-hydrogen) atoms. The van der Waals surface area contributed by atoms with Crippen molar-refractivity contribution in [3.05, 3.63) is 92.9 Å². The predicted octanol–water partition coefficient (Wildman–Crippen LogP) is 5.60. The molecule has 0 aliphatic carbocycles. The van der Waals surface area contributed by atoms with Crippen LogP contribution in [0.1, 0.15) is 63.3 Å². The van der Waals surface area contributed by atoms with E-state index in [4.69, 9.17) is 37.3 Å². The fourth-order valence-electron chi connectivity index (χ4n) is 5.95. The Morgan fingerprint density at radius 1 is 1.09 bits per heavy atom. The van der Waals surface area contributed by atoms with Crippen LogP contribution in [0.4, 0.5) is 5.82 Å². The summed E-state index contributed by atoms with van der Waals surface area (Å²) in [5, 5.41) is 1.13. The number of amides is 1. The van der Waals surface area contributed by atoms with Crippen LogP contribution < -0.4 is 10.6 Å². The van der Waals surface area contributed by atoms with Gasteiger partial charge in [0, 0.05) is 37.4 Å². The molecule has 0 N–H and O–H groups in total. The van der Waals surface area contributed by atoms with Gasteiger partial charge in [0.15, 0.2) is 5.65 Å². The van der Waals surface area contributed by atoms with Gasteiger partial charge in [0.25, 0.3) is 0 Å². The molecule has 4 heterocycles. The van der Waals surface area contributed by atoms with Crippen LogP contribution in [0.3, 0.4) is 0 Å². The normalized spacial score (nSPS) is 15.2. The van der Waals surface area contributed by atoms with Crippen molar-refractivity contribution in [3.8, 4) is 16.9 Å². The molecule has 8 nitrogen and oxygen atoms in total. The number of piperazine rings is 1. The molecule has 1 aromatic carbocycles. The van der Waals surface area contributed by atoms with Gasteiger partial charge < -0.3 is 9.80 Å². The molecule has 1 aliphatic heterocycles. The summed E-state index contributed by atoms with van der Waals surface area (Å²) in [6, 6.07) is 11.1. The number of benzene rings is 1. The Kier molecular flexibility index (Phi) is 9.35. The Morgan fingerprint density at radius 3 is 2.47 bits per heavy atom. The average Bonchev–Trinajstić information content (AvgIpc) is 3.00. The van der Waals surface area contributed by atoms with Crippen LogP contribution in [0.15, 0.2) is 65.4 Å². The Bertz CT molecular complexity index is 1860. The SMILES string of the molecule is [B]C([B])=Cc1ccccc1-c1nc2c(cc1Cl)c(N1CCN(C(=O)C=C)C[C@@H]1C)nc(=O)n2-c1c(C(C)C)ccnc1C(C)C. The zero-order valence-electron chi connectivity index (χ0n) is 26.3. The van der Waals surface area contributed by atoms with E-state index in [9.17, 15) is 9.59 Å². The number of halogens is 1. The van der Waals surface area contributed by atoms with E-state index < -0.39 is 5.69 Å². The Labute approximate surface area is 271 Å². The molecule has 0 bridgehead atoms. The number of hydrogen-bond donors (Lipinski definition) is 0. The maximum atomic E-state index is 14.3. The second kappa shape index (κ2) is 13.1. The molecule has 3 aromatic heterocycles. The van der Waals surface area contributed by atoms with Crippen molar-refractivity contribution in [2.75, 3.05) is 24.5 Å². The van der Waals surface area contributed by atoms with Crippen molar-refractivity contribution in [2.24, 2.45) is 0 Å². The summed E-state index contributed by atoms with van der Waals surface area (Å²) in [7, 11) is 11.7. The average molecular weight is 617 g/mol. The topological polar surface area (TPSA) is 84.2 Å². The van der Waals surface area contributed by atoms with E-state index in [-0.39, 0.29) is 29.2 Å². The molecule has 1 aliphatic rings. The number of hydrogen-bond acceptors (Lipinski definition) is 6. The first kappa shape index (κ1) is 32.2. The lowest BCUT2D eigenvalue weighted by Crippen LogP contribution is -2.54. The van der Waals surface area contributed by atoms with E-state index in [1.807, 2.05) is 62.1 Å². The summed E-state index contributed by atoms with van der Waals surface area (Å²) in [6.45, 7) is 15.3. The predicted molar refractivity (Wildman–Crippen MR) is 185 cm³/mol. The van der Waals surface area contributed by atoms with Crippen molar-refractivity contribution < 1.29 is 4.79 Å². The van der Waals surface area contributed by atoms with Gasteiger partial charge in [-0.3, -0.25) is 9.78 Å². The van der Waals surface area contributed by atoms with Gasteiger partial charge in [-0.2, -0.15) is 10.4 Å². The number of fused-ring (bicyclic) bond motifs is 1. The van der Waals surface area contributed by atoms with Gasteiger partial charge in [0.05, 0.1) is 43.2 Å². The third-order valence-corrected chi connectivity index (χ3v) is 8.39. The molecule has 1 amide bonds. The van der Waals surface area contributed by atoms with Crippen molar-refractivity contribution in [1.82, 2.24) is 24.4 Å². The van der Waals surface area contributed by atoms with Gasteiger partial charge in [-0.05, 0) is 48.1 Å². The summed E-state index contributed by atoms with van der Waals surface area (Å²) in [5.74, 6) is 0.434. The van der Waals surface area contributed by atoms with Gasteiger partial charge in [-0.15, -0.1) is 0 Å². The minimum atomic E-state index is -0.480. The van der Waals surface area contributed by atoms with Crippen LogP contribution in [0, 0.1) is 0 Å². The molecule has 1 fully saturated rings. The number of pyridine rings is 2. The Hall–Kier alpha value is -4.17. The zero-order chi connectivity index (χ0) is 32.6.